The van der Waals surface area contributed by atoms with E-state index in [0.29, 0.717) is 42.7 Å². The van der Waals surface area contributed by atoms with E-state index in [-0.39, 0.29) is 36.5 Å². The van der Waals surface area contributed by atoms with E-state index in [0.717, 1.165) is 49.0 Å². The maximum Gasteiger partial charge on any atom is 0.344 e. The predicted molar refractivity (Wildman–Crippen MR) is 163 cm³/mol. The van der Waals surface area contributed by atoms with Crippen LogP contribution in [0.15, 0.2) is 48.5 Å². The lowest BCUT2D eigenvalue weighted by Crippen LogP contribution is -2.36. The van der Waals surface area contributed by atoms with Gasteiger partial charge in [-0.05, 0) is 54.7 Å². The Morgan fingerprint density at radius 2 is 1.79 bits per heavy atom. The Kier molecular flexibility index (Phi) is 11.9. The lowest BCUT2D eigenvalue weighted by molar-refractivity contribution is -0.146. The van der Waals surface area contributed by atoms with Gasteiger partial charge in [-0.2, -0.15) is 11.8 Å². The number of esters is 1. The number of rotatable bonds is 16. The number of thioether (sulfide) groups is 1. The van der Waals surface area contributed by atoms with E-state index in [2.05, 4.69) is 21.3 Å². The quantitative estimate of drug-likeness (QED) is 0.132. The zero-order valence-electron chi connectivity index (χ0n) is 24.0. The van der Waals surface area contributed by atoms with Gasteiger partial charge >= 0.3 is 12.0 Å². The van der Waals surface area contributed by atoms with Crippen LogP contribution in [-0.2, 0) is 14.3 Å². The third-order valence-corrected chi connectivity index (χ3v) is 8.75. The molecule has 42 heavy (non-hydrogen) atoms. The highest BCUT2D eigenvalue weighted by Crippen LogP contribution is 2.33. The summed E-state index contributed by atoms with van der Waals surface area (Å²) in [5.74, 6) is 0.864. The summed E-state index contributed by atoms with van der Waals surface area (Å²) < 4.78 is 10.6. The molecule has 2 aromatic rings. The van der Waals surface area contributed by atoms with Crippen LogP contribution in [-0.4, -0.2) is 73.2 Å². The Balaban J connectivity index is 1.11. The molecule has 0 radical (unpaired) electrons. The molecule has 11 heteroatoms. The first kappa shape index (κ1) is 31.2. The number of unbranched alkanes of at least 4 members (excludes halogenated alkanes) is 2. The molecule has 0 unspecified atom stereocenters. The summed E-state index contributed by atoms with van der Waals surface area (Å²) in [7, 11) is 0. The Hall–Kier alpha value is -3.73. The zero-order chi connectivity index (χ0) is 29.7. The Morgan fingerprint density at radius 3 is 2.60 bits per heavy atom. The topological polar surface area (TPSA) is 135 Å². The molecule has 2 fully saturated rings. The number of fused-ring (bicyclic) bond motifs is 1. The molecule has 0 saturated carbocycles. The first-order valence-electron chi connectivity index (χ1n) is 14.7. The third-order valence-electron chi connectivity index (χ3n) is 7.24. The summed E-state index contributed by atoms with van der Waals surface area (Å²) in [6.45, 7) is 2.98. The molecule has 2 saturated heterocycles. The molecule has 3 atom stereocenters. The highest BCUT2D eigenvalue weighted by molar-refractivity contribution is 8.00. The van der Waals surface area contributed by atoms with Crippen molar-refractivity contribution in [3.05, 3.63) is 54.1 Å². The molecular formula is C31H40N4O6S. The van der Waals surface area contributed by atoms with E-state index in [4.69, 9.17) is 9.47 Å². The van der Waals surface area contributed by atoms with Crippen molar-refractivity contribution in [2.45, 2.75) is 62.8 Å². The fraction of sp³-hybridized carbons (Fsp3) is 0.484. The van der Waals surface area contributed by atoms with Gasteiger partial charge < -0.3 is 30.7 Å². The minimum atomic E-state index is -0.391. The number of carbonyl (C=O) groups excluding carboxylic acids is 4. The molecule has 0 aliphatic carbocycles. The number of carbonyl (C=O) groups is 4. The SMILES string of the molecule is CCCCOC(=O)COc1ccc(-c2cccc(C(=O)NCCNC(=O)CCCC[C@@H]3SC[C@@H]4NC(=O)N[C@@H]43)c2)cc1. The van der Waals surface area contributed by atoms with Gasteiger partial charge in [-0.25, -0.2) is 9.59 Å². The lowest BCUT2D eigenvalue weighted by Gasteiger charge is -2.16. The van der Waals surface area contributed by atoms with Gasteiger partial charge in [0, 0.05) is 36.1 Å². The van der Waals surface area contributed by atoms with Crippen molar-refractivity contribution in [2.75, 3.05) is 32.1 Å². The fourth-order valence-corrected chi connectivity index (χ4v) is 6.48. The molecule has 2 aromatic carbocycles. The molecule has 10 nitrogen and oxygen atoms in total. The van der Waals surface area contributed by atoms with Crippen LogP contribution in [0.3, 0.4) is 0 Å². The molecule has 0 spiro atoms. The zero-order valence-corrected chi connectivity index (χ0v) is 24.8. The Bertz CT molecular complexity index is 1220. The number of ether oxygens (including phenoxy) is 2. The average molecular weight is 597 g/mol. The number of benzene rings is 2. The molecule has 0 bridgehead atoms. The minimum absolute atomic E-state index is 0.0279. The van der Waals surface area contributed by atoms with E-state index < -0.39 is 5.97 Å². The molecule has 2 aliphatic heterocycles. The van der Waals surface area contributed by atoms with Gasteiger partial charge in [0.1, 0.15) is 5.75 Å². The van der Waals surface area contributed by atoms with Crippen molar-refractivity contribution in [3.63, 3.8) is 0 Å². The standard InChI is InChI=1S/C31H40N4O6S/c1-2-3-17-40-28(37)19-41-24-13-11-21(12-14-24)22-7-6-8-23(18-22)30(38)33-16-15-32-27(36)10-5-4-9-26-29-25(20-42-26)34-31(39)35-29/h6-8,11-14,18,25-26,29H,2-5,9-10,15-17,19-20H2,1H3,(H,32,36)(H,33,38)(H2,34,35,39)/t25-,26-,29-/m0/s1. The highest BCUT2D eigenvalue weighted by atomic mass is 32.2. The average Bonchev–Trinajstić information content (AvgIpc) is 3.56. The van der Waals surface area contributed by atoms with Gasteiger partial charge in [0.2, 0.25) is 5.91 Å². The van der Waals surface area contributed by atoms with E-state index in [1.807, 2.05) is 49.0 Å². The van der Waals surface area contributed by atoms with Crippen LogP contribution < -0.4 is 26.0 Å². The maximum atomic E-state index is 12.7. The van der Waals surface area contributed by atoms with Crippen molar-refractivity contribution in [1.29, 1.82) is 0 Å². The molecule has 226 valence electrons. The first-order chi connectivity index (χ1) is 20.4. The second kappa shape index (κ2) is 16.1. The lowest BCUT2D eigenvalue weighted by atomic mass is 10.0. The van der Waals surface area contributed by atoms with Gasteiger partial charge in [-0.3, -0.25) is 9.59 Å². The summed E-state index contributed by atoms with van der Waals surface area (Å²) in [4.78, 5) is 48.1. The van der Waals surface area contributed by atoms with E-state index in [1.165, 1.54) is 0 Å². The highest BCUT2D eigenvalue weighted by Gasteiger charge is 2.42. The van der Waals surface area contributed by atoms with Gasteiger partial charge in [-0.1, -0.05) is 44.0 Å². The smallest absolute Gasteiger partial charge is 0.344 e. The largest absolute Gasteiger partial charge is 0.482 e. The minimum Gasteiger partial charge on any atom is -0.482 e. The molecule has 4 N–H and O–H groups in total. The van der Waals surface area contributed by atoms with E-state index >= 15 is 0 Å². The number of hydrogen-bond donors (Lipinski definition) is 4. The summed E-state index contributed by atoms with van der Waals surface area (Å²) >= 11 is 1.88. The summed E-state index contributed by atoms with van der Waals surface area (Å²) in [6.07, 6.45) is 4.93. The third kappa shape index (κ3) is 9.40. The van der Waals surface area contributed by atoms with E-state index in [1.54, 1.807) is 18.2 Å². The Labute approximate surface area is 251 Å². The maximum absolute atomic E-state index is 12.7. The van der Waals surface area contributed by atoms with Crippen molar-refractivity contribution < 1.29 is 28.7 Å². The predicted octanol–water partition coefficient (Wildman–Crippen LogP) is 3.65. The van der Waals surface area contributed by atoms with Gasteiger partial charge in [-0.15, -0.1) is 0 Å². The number of nitrogens with one attached hydrogen (secondary N) is 4. The number of amides is 4. The van der Waals surface area contributed by atoms with Crippen LogP contribution in [0.2, 0.25) is 0 Å². The normalized spacial score (nSPS) is 18.9. The summed E-state index contributed by atoms with van der Waals surface area (Å²) in [5.41, 5.74) is 2.31. The van der Waals surface area contributed by atoms with Gasteiger partial charge in [0.05, 0.1) is 18.7 Å². The van der Waals surface area contributed by atoms with Crippen molar-refractivity contribution in [2.24, 2.45) is 0 Å². The van der Waals surface area contributed by atoms with Gasteiger partial charge in [0.15, 0.2) is 6.61 Å². The number of hydrogen-bond acceptors (Lipinski definition) is 7. The van der Waals surface area contributed by atoms with Gasteiger partial charge in [0.25, 0.3) is 5.91 Å². The Morgan fingerprint density at radius 1 is 0.976 bits per heavy atom. The molecule has 0 aromatic heterocycles. The van der Waals surface area contributed by atoms with Crippen LogP contribution in [0.25, 0.3) is 11.1 Å². The van der Waals surface area contributed by atoms with Crippen LogP contribution in [0.5, 0.6) is 5.75 Å². The summed E-state index contributed by atoms with van der Waals surface area (Å²) in [6, 6.07) is 14.9. The van der Waals surface area contributed by atoms with Crippen LogP contribution in [0.1, 0.15) is 55.8 Å². The second-order valence-corrected chi connectivity index (χ2v) is 11.7. The monoisotopic (exact) mass is 596 g/mol. The molecule has 4 amide bonds. The van der Waals surface area contributed by atoms with E-state index in [9.17, 15) is 19.2 Å². The van der Waals surface area contributed by atoms with Crippen LogP contribution in [0, 0.1) is 0 Å². The summed E-state index contributed by atoms with van der Waals surface area (Å²) in [5, 5.41) is 12.1. The molecular weight excluding hydrogens is 556 g/mol. The number of urea groups is 1. The van der Waals surface area contributed by atoms with Crippen LogP contribution in [0.4, 0.5) is 4.79 Å². The molecule has 4 rings (SSSR count). The molecule has 2 aliphatic rings. The van der Waals surface area contributed by atoms with Crippen molar-refractivity contribution >= 4 is 35.6 Å². The van der Waals surface area contributed by atoms with Crippen molar-refractivity contribution in [1.82, 2.24) is 21.3 Å². The molecule has 2 heterocycles. The van der Waals surface area contributed by atoms with Crippen LogP contribution >= 0.6 is 11.8 Å². The van der Waals surface area contributed by atoms with Crippen molar-refractivity contribution in [3.8, 4) is 16.9 Å². The second-order valence-electron chi connectivity index (χ2n) is 10.4. The fourth-order valence-electron chi connectivity index (χ4n) is 4.94. The first-order valence-corrected chi connectivity index (χ1v) is 15.7.